The van der Waals surface area contributed by atoms with E-state index in [4.69, 9.17) is 9.47 Å². The predicted molar refractivity (Wildman–Crippen MR) is 105 cm³/mol. The molecule has 2 aliphatic rings. The SMILES string of the molecule is CCCc1ccc(Cc2ccc3c(c2)[C@]2(OC3)O[C@H](CO)C[C@H](O)[C@H]2O)cc1. The van der Waals surface area contributed by atoms with Crippen LogP contribution in [0.4, 0.5) is 0 Å². The van der Waals surface area contributed by atoms with E-state index in [1.807, 2.05) is 12.1 Å². The summed E-state index contributed by atoms with van der Waals surface area (Å²) in [5, 5.41) is 30.5. The molecule has 2 aliphatic heterocycles. The Hall–Kier alpha value is -1.76. The van der Waals surface area contributed by atoms with Gasteiger partial charge in [0, 0.05) is 12.0 Å². The molecule has 0 radical (unpaired) electrons. The van der Waals surface area contributed by atoms with Crippen LogP contribution in [0.5, 0.6) is 0 Å². The maximum Gasteiger partial charge on any atom is 0.225 e. The van der Waals surface area contributed by atoms with Gasteiger partial charge >= 0.3 is 0 Å². The van der Waals surface area contributed by atoms with Gasteiger partial charge in [0.05, 0.1) is 25.4 Å². The summed E-state index contributed by atoms with van der Waals surface area (Å²) in [7, 11) is 0. The van der Waals surface area contributed by atoms with E-state index in [2.05, 4.69) is 37.3 Å². The van der Waals surface area contributed by atoms with Crippen molar-refractivity contribution >= 4 is 0 Å². The summed E-state index contributed by atoms with van der Waals surface area (Å²) in [5.74, 6) is -1.42. The lowest BCUT2D eigenvalue weighted by atomic mass is 9.87. The molecule has 5 nitrogen and oxygen atoms in total. The molecule has 1 saturated heterocycles. The van der Waals surface area contributed by atoms with E-state index >= 15 is 0 Å². The summed E-state index contributed by atoms with van der Waals surface area (Å²) in [5.41, 5.74) is 5.33. The van der Waals surface area contributed by atoms with Crippen molar-refractivity contribution in [2.75, 3.05) is 6.61 Å². The van der Waals surface area contributed by atoms with Gasteiger partial charge in [-0.05, 0) is 41.2 Å². The lowest BCUT2D eigenvalue weighted by Crippen LogP contribution is -2.56. The molecular weight excluding hydrogens is 356 g/mol. The zero-order valence-electron chi connectivity index (χ0n) is 16.2. The molecule has 0 bridgehead atoms. The molecule has 0 aliphatic carbocycles. The molecule has 28 heavy (non-hydrogen) atoms. The summed E-state index contributed by atoms with van der Waals surface area (Å²) in [6, 6.07) is 14.7. The third kappa shape index (κ3) is 3.49. The van der Waals surface area contributed by atoms with Crippen LogP contribution in [0.15, 0.2) is 42.5 Å². The predicted octanol–water partition coefficient (Wildman–Crippen LogP) is 2.42. The maximum absolute atomic E-state index is 10.7. The Morgan fingerprint density at radius 2 is 1.75 bits per heavy atom. The topological polar surface area (TPSA) is 79.2 Å². The lowest BCUT2D eigenvalue weighted by molar-refractivity contribution is -0.347. The Balaban J connectivity index is 1.61. The molecule has 1 spiro atoms. The zero-order chi connectivity index (χ0) is 19.7. The Bertz CT molecular complexity index is 818. The molecule has 4 rings (SSSR count). The first-order valence-electron chi connectivity index (χ1n) is 10.0. The Kier molecular flexibility index (Phi) is 5.54. The molecule has 0 aromatic heterocycles. The fourth-order valence-electron chi connectivity index (χ4n) is 4.27. The van der Waals surface area contributed by atoms with Gasteiger partial charge in [0.2, 0.25) is 5.79 Å². The van der Waals surface area contributed by atoms with Gasteiger partial charge in [-0.3, -0.25) is 0 Å². The van der Waals surface area contributed by atoms with E-state index in [1.54, 1.807) is 0 Å². The quantitative estimate of drug-likeness (QED) is 0.738. The van der Waals surface area contributed by atoms with Gasteiger partial charge in [-0.1, -0.05) is 49.7 Å². The highest BCUT2D eigenvalue weighted by atomic mass is 16.7. The summed E-state index contributed by atoms with van der Waals surface area (Å²) in [6.45, 7) is 2.26. The fourth-order valence-corrected chi connectivity index (χ4v) is 4.27. The first-order chi connectivity index (χ1) is 13.6. The molecule has 1 fully saturated rings. The summed E-state index contributed by atoms with van der Waals surface area (Å²) < 4.78 is 11.8. The van der Waals surface area contributed by atoms with Crippen molar-refractivity contribution < 1.29 is 24.8 Å². The van der Waals surface area contributed by atoms with Crippen LogP contribution in [-0.4, -0.2) is 40.2 Å². The number of aliphatic hydroxyl groups is 3. The smallest absolute Gasteiger partial charge is 0.225 e. The second-order valence-corrected chi connectivity index (χ2v) is 7.86. The van der Waals surface area contributed by atoms with Crippen molar-refractivity contribution in [2.45, 2.75) is 63.3 Å². The van der Waals surface area contributed by atoms with E-state index in [0.29, 0.717) is 6.61 Å². The van der Waals surface area contributed by atoms with Crippen LogP contribution in [0.3, 0.4) is 0 Å². The van der Waals surface area contributed by atoms with Gasteiger partial charge < -0.3 is 24.8 Å². The number of rotatable bonds is 5. The van der Waals surface area contributed by atoms with E-state index in [9.17, 15) is 15.3 Å². The van der Waals surface area contributed by atoms with Crippen LogP contribution < -0.4 is 0 Å². The second-order valence-electron chi connectivity index (χ2n) is 7.86. The number of ether oxygens (including phenoxy) is 2. The molecule has 5 heteroatoms. The molecule has 0 saturated carbocycles. The highest BCUT2D eigenvalue weighted by Crippen LogP contribution is 2.46. The van der Waals surface area contributed by atoms with Gasteiger partial charge in [-0.25, -0.2) is 0 Å². The van der Waals surface area contributed by atoms with Crippen molar-refractivity contribution in [2.24, 2.45) is 0 Å². The number of hydrogen-bond acceptors (Lipinski definition) is 5. The molecule has 0 amide bonds. The van der Waals surface area contributed by atoms with Gasteiger partial charge in [-0.15, -0.1) is 0 Å². The minimum Gasteiger partial charge on any atom is -0.394 e. The van der Waals surface area contributed by atoms with E-state index in [-0.39, 0.29) is 13.0 Å². The molecule has 2 heterocycles. The largest absolute Gasteiger partial charge is 0.394 e. The van der Waals surface area contributed by atoms with Crippen LogP contribution in [0.25, 0.3) is 0 Å². The average Bonchev–Trinajstić information content (AvgIpc) is 3.06. The zero-order valence-corrected chi connectivity index (χ0v) is 16.2. The minimum absolute atomic E-state index is 0.182. The fraction of sp³-hybridized carbons (Fsp3) is 0.478. The lowest BCUT2D eigenvalue weighted by Gasteiger charge is -2.43. The van der Waals surface area contributed by atoms with Crippen molar-refractivity contribution in [3.05, 3.63) is 70.3 Å². The Morgan fingerprint density at radius 3 is 2.46 bits per heavy atom. The molecule has 150 valence electrons. The van der Waals surface area contributed by atoms with E-state index in [0.717, 1.165) is 36.0 Å². The van der Waals surface area contributed by atoms with Crippen LogP contribution in [0.2, 0.25) is 0 Å². The van der Waals surface area contributed by atoms with Crippen molar-refractivity contribution in [3.63, 3.8) is 0 Å². The summed E-state index contributed by atoms with van der Waals surface area (Å²) in [4.78, 5) is 0. The molecule has 0 unspecified atom stereocenters. The van der Waals surface area contributed by atoms with Crippen LogP contribution in [0.1, 0.15) is 47.6 Å². The number of hydrogen-bond donors (Lipinski definition) is 3. The molecule has 2 aromatic rings. The van der Waals surface area contributed by atoms with Crippen LogP contribution in [-0.2, 0) is 34.7 Å². The van der Waals surface area contributed by atoms with Gasteiger partial charge in [0.1, 0.15) is 6.10 Å². The monoisotopic (exact) mass is 384 g/mol. The molecule has 3 N–H and O–H groups in total. The van der Waals surface area contributed by atoms with E-state index in [1.165, 1.54) is 11.1 Å². The third-order valence-electron chi connectivity index (χ3n) is 5.77. The number of aliphatic hydroxyl groups excluding tert-OH is 3. The first kappa shape index (κ1) is 19.6. The highest BCUT2D eigenvalue weighted by molar-refractivity contribution is 5.41. The van der Waals surface area contributed by atoms with Gasteiger partial charge in [0.15, 0.2) is 0 Å². The summed E-state index contributed by atoms with van der Waals surface area (Å²) >= 11 is 0. The Labute approximate surface area is 165 Å². The number of benzene rings is 2. The van der Waals surface area contributed by atoms with Gasteiger partial charge in [-0.2, -0.15) is 0 Å². The summed E-state index contributed by atoms with van der Waals surface area (Å²) in [6.07, 6.45) is 0.392. The Morgan fingerprint density at radius 1 is 1.04 bits per heavy atom. The molecule has 4 atom stereocenters. The van der Waals surface area contributed by atoms with E-state index < -0.39 is 24.1 Å². The standard InChI is InChI=1S/C23H28O5/c1-2-3-15-4-6-16(7-5-15)10-17-8-9-18-14-27-23(20(18)11-17)22(26)21(25)12-19(13-24)28-23/h4-9,11,19,21-22,24-26H,2-3,10,12-14H2,1H3/t19-,21-,22+,23-/m0/s1. The second kappa shape index (κ2) is 7.93. The van der Waals surface area contributed by atoms with Gasteiger partial charge in [0.25, 0.3) is 0 Å². The maximum atomic E-state index is 10.7. The van der Waals surface area contributed by atoms with Crippen LogP contribution in [0, 0.1) is 0 Å². The number of aryl methyl sites for hydroxylation is 1. The van der Waals surface area contributed by atoms with Crippen molar-refractivity contribution in [1.82, 2.24) is 0 Å². The molecule has 2 aromatic carbocycles. The van der Waals surface area contributed by atoms with Crippen LogP contribution >= 0.6 is 0 Å². The highest BCUT2D eigenvalue weighted by Gasteiger charge is 2.55. The van der Waals surface area contributed by atoms with Crippen molar-refractivity contribution in [3.8, 4) is 0 Å². The van der Waals surface area contributed by atoms with Crippen molar-refractivity contribution in [1.29, 1.82) is 0 Å². The first-order valence-corrected chi connectivity index (χ1v) is 10.0. The number of fused-ring (bicyclic) bond motifs is 2. The third-order valence-corrected chi connectivity index (χ3v) is 5.77. The minimum atomic E-state index is -1.42. The normalized spacial score (nSPS) is 29.2. The average molecular weight is 384 g/mol. The molecular formula is C23H28O5.